The molecule has 2 aliphatic rings. The first-order valence-electron chi connectivity index (χ1n) is 7.94. The van der Waals surface area contributed by atoms with E-state index in [1.54, 1.807) is 0 Å². The summed E-state index contributed by atoms with van der Waals surface area (Å²) in [6.45, 7) is 4.02. The van der Waals surface area contributed by atoms with Crippen molar-refractivity contribution in [2.24, 2.45) is 0 Å². The average Bonchev–Trinajstić information content (AvgIpc) is 2.95. The van der Waals surface area contributed by atoms with Crippen LogP contribution in [0.5, 0.6) is 5.75 Å². The van der Waals surface area contributed by atoms with Gasteiger partial charge in [-0.3, -0.25) is 0 Å². The summed E-state index contributed by atoms with van der Waals surface area (Å²) in [5.74, 6) is 0.954. The van der Waals surface area contributed by atoms with Gasteiger partial charge in [0, 0.05) is 18.0 Å². The smallest absolute Gasteiger partial charge is 0.128 e. The zero-order valence-corrected chi connectivity index (χ0v) is 12.3. The first-order valence-corrected chi connectivity index (χ1v) is 7.94. The second kappa shape index (κ2) is 5.74. The molecule has 0 spiro atoms. The Hall–Kier alpha value is -1.06. The maximum Gasteiger partial charge on any atom is 0.128 e. The highest BCUT2D eigenvalue weighted by Crippen LogP contribution is 2.43. The fourth-order valence-electron chi connectivity index (χ4n) is 3.50. The van der Waals surface area contributed by atoms with Crippen LogP contribution in [0.2, 0.25) is 0 Å². The van der Waals surface area contributed by atoms with E-state index in [1.165, 1.54) is 12.0 Å². The number of para-hydroxylation sites is 1. The van der Waals surface area contributed by atoms with Crippen molar-refractivity contribution in [1.82, 2.24) is 5.32 Å². The monoisotopic (exact) mass is 275 g/mol. The van der Waals surface area contributed by atoms with Crippen LogP contribution in [0.15, 0.2) is 18.2 Å². The molecule has 1 aromatic carbocycles. The van der Waals surface area contributed by atoms with E-state index >= 15 is 0 Å². The molecule has 20 heavy (non-hydrogen) atoms. The quantitative estimate of drug-likeness (QED) is 0.888. The van der Waals surface area contributed by atoms with Crippen molar-refractivity contribution >= 4 is 0 Å². The lowest BCUT2D eigenvalue weighted by molar-refractivity contribution is -0.0101. The Morgan fingerprint density at radius 3 is 2.90 bits per heavy atom. The summed E-state index contributed by atoms with van der Waals surface area (Å²) in [7, 11) is 0. The van der Waals surface area contributed by atoms with Gasteiger partial charge in [-0.1, -0.05) is 25.1 Å². The van der Waals surface area contributed by atoms with Gasteiger partial charge in [0.1, 0.15) is 5.75 Å². The van der Waals surface area contributed by atoms with E-state index in [-0.39, 0.29) is 0 Å². The third kappa shape index (κ3) is 2.57. The minimum absolute atomic E-state index is 0.563. The highest BCUT2D eigenvalue weighted by molar-refractivity contribution is 5.47. The summed E-state index contributed by atoms with van der Waals surface area (Å²) in [4.78, 5) is 0. The van der Waals surface area contributed by atoms with Gasteiger partial charge in [0.25, 0.3) is 0 Å². The Balaban J connectivity index is 1.73. The molecular formula is C17H25NO2. The number of ether oxygens (including phenoxy) is 1. The summed E-state index contributed by atoms with van der Waals surface area (Å²) < 4.78 is 5.76. The molecule has 2 N–H and O–H groups in total. The SMILES string of the molecule is CCCNC1CCC(O)(c2cccc3c2OCC3)CC1. The van der Waals surface area contributed by atoms with Crippen LogP contribution >= 0.6 is 0 Å². The zero-order valence-electron chi connectivity index (χ0n) is 12.3. The van der Waals surface area contributed by atoms with E-state index in [1.807, 2.05) is 6.07 Å². The Morgan fingerprint density at radius 1 is 1.35 bits per heavy atom. The molecule has 0 atom stereocenters. The van der Waals surface area contributed by atoms with Gasteiger partial charge in [-0.05, 0) is 44.2 Å². The van der Waals surface area contributed by atoms with Crippen LogP contribution in [0, 0.1) is 0 Å². The first-order chi connectivity index (χ1) is 9.73. The van der Waals surface area contributed by atoms with Crippen LogP contribution in [-0.2, 0) is 12.0 Å². The molecule has 110 valence electrons. The Bertz CT molecular complexity index is 464. The van der Waals surface area contributed by atoms with Crippen LogP contribution in [-0.4, -0.2) is 24.3 Å². The van der Waals surface area contributed by atoms with Crippen LogP contribution in [0.3, 0.4) is 0 Å². The molecule has 1 aliphatic heterocycles. The number of hydrogen-bond acceptors (Lipinski definition) is 3. The molecule has 0 saturated heterocycles. The van der Waals surface area contributed by atoms with Crippen molar-refractivity contribution in [3.8, 4) is 5.75 Å². The Morgan fingerprint density at radius 2 is 2.15 bits per heavy atom. The van der Waals surface area contributed by atoms with Crippen LogP contribution in [0.1, 0.15) is 50.2 Å². The minimum atomic E-state index is -0.694. The number of aliphatic hydroxyl groups is 1. The molecule has 3 rings (SSSR count). The topological polar surface area (TPSA) is 41.5 Å². The van der Waals surface area contributed by atoms with Crippen molar-refractivity contribution < 1.29 is 9.84 Å². The molecule has 3 nitrogen and oxygen atoms in total. The number of nitrogens with one attached hydrogen (secondary N) is 1. The summed E-state index contributed by atoms with van der Waals surface area (Å²) in [5, 5.41) is 14.6. The lowest BCUT2D eigenvalue weighted by atomic mass is 9.77. The zero-order chi connectivity index (χ0) is 14.0. The van der Waals surface area contributed by atoms with E-state index in [2.05, 4.69) is 24.4 Å². The van der Waals surface area contributed by atoms with Gasteiger partial charge in [-0.15, -0.1) is 0 Å². The van der Waals surface area contributed by atoms with Crippen molar-refractivity contribution in [1.29, 1.82) is 0 Å². The lowest BCUT2D eigenvalue weighted by Gasteiger charge is -2.37. The molecule has 0 amide bonds. The second-order valence-electron chi connectivity index (χ2n) is 6.15. The highest BCUT2D eigenvalue weighted by Gasteiger charge is 2.38. The molecule has 1 fully saturated rings. The van der Waals surface area contributed by atoms with Crippen molar-refractivity contribution in [2.45, 2.75) is 57.1 Å². The molecule has 1 heterocycles. The minimum Gasteiger partial charge on any atom is -0.493 e. The standard InChI is InChI=1S/C17H25NO2/c1-2-11-18-14-6-9-17(19,10-7-14)15-5-3-4-13-8-12-20-16(13)15/h3-5,14,18-19H,2,6-12H2,1H3. The van der Waals surface area contributed by atoms with Crippen molar-refractivity contribution in [3.05, 3.63) is 29.3 Å². The van der Waals surface area contributed by atoms with Crippen LogP contribution in [0.25, 0.3) is 0 Å². The third-order valence-electron chi connectivity index (χ3n) is 4.71. The van der Waals surface area contributed by atoms with Gasteiger partial charge in [0.2, 0.25) is 0 Å². The summed E-state index contributed by atoms with van der Waals surface area (Å²) in [6, 6.07) is 6.78. The molecule has 0 radical (unpaired) electrons. The van der Waals surface area contributed by atoms with E-state index in [9.17, 15) is 5.11 Å². The summed E-state index contributed by atoms with van der Waals surface area (Å²) in [5.41, 5.74) is 1.57. The molecule has 1 aromatic rings. The van der Waals surface area contributed by atoms with Crippen LogP contribution in [0.4, 0.5) is 0 Å². The summed E-state index contributed by atoms with van der Waals surface area (Å²) in [6.07, 6.45) is 5.88. The van der Waals surface area contributed by atoms with E-state index in [0.717, 1.165) is 56.6 Å². The van der Waals surface area contributed by atoms with Gasteiger partial charge < -0.3 is 15.2 Å². The lowest BCUT2D eigenvalue weighted by Crippen LogP contribution is -2.40. The van der Waals surface area contributed by atoms with Gasteiger partial charge in [-0.2, -0.15) is 0 Å². The third-order valence-corrected chi connectivity index (χ3v) is 4.71. The fourth-order valence-corrected chi connectivity index (χ4v) is 3.50. The maximum atomic E-state index is 11.0. The van der Waals surface area contributed by atoms with Gasteiger partial charge in [0.15, 0.2) is 0 Å². The normalized spacial score (nSPS) is 29.0. The van der Waals surface area contributed by atoms with Gasteiger partial charge in [0.05, 0.1) is 12.2 Å². The molecule has 1 saturated carbocycles. The molecule has 1 aliphatic carbocycles. The second-order valence-corrected chi connectivity index (χ2v) is 6.15. The first kappa shape index (κ1) is 13.9. The number of fused-ring (bicyclic) bond motifs is 1. The maximum absolute atomic E-state index is 11.0. The van der Waals surface area contributed by atoms with Crippen LogP contribution < -0.4 is 10.1 Å². The van der Waals surface area contributed by atoms with Crippen molar-refractivity contribution in [2.75, 3.05) is 13.2 Å². The average molecular weight is 275 g/mol. The predicted octanol–water partition coefficient (Wildman–Crippen LogP) is 2.75. The Labute approximate surface area is 121 Å². The van der Waals surface area contributed by atoms with Gasteiger partial charge >= 0.3 is 0 Å². The van der Waals surface area contributed by atoms with E-state index in [4.69, 9.17) is 4.74 Å². The number of hydrogen-bond donors (Lipinski definition) is 2. The molecule has 0 bridgehead atoms. The van der Waals surface area contributed by atoms with Crippen molar-refractivity contribution in [3.63, 3.8) is 0 Å². The van der Waals surface area contributed by atoms with Gasteiger partial charge in [-0.25, -0.2) is 0 Å². The largest absolute Gasteiger partial charge is 0.493 e. The highest BCUT2D eigenvalue weighted by atomic mass is 16.5. The van der Waals surface area contributed by atoms with E-state index in [0.29, 0.717) is 6.04 Å². The van der Waals surface area contributed by atoms with E-state index < -0.39 is 5.60 Å². The summed E-state index contributed by atoms with van der Waals surface area (Å²) >= 11 is 0. The molecule has 0 unspecified atom stereocenters. The predicted molar refractivity (Wildman–Crippen MR) is 80.1 cm³/mol. The fraction of sp³-hybridized carbons (Fsp3) is 0.647. The molecule has 0 aromatic heterocycles. The molecule has 3 heteroatoms. The Kier molecular flexibility index (Phi) is 3.99. The molecular weight excluding hydrogens is 250 g/mol. The number of benzene rings is 1. The number of rotatable bonds is 4.